The highest BCUT2D eigenvalue weighted by Gasteiger charge is 2.45. The van der Waals surface area contributed by atoms with Crippen molar-refractivity contribution in [3.05, 3.63) is 34.3 Å². The number of halogens is 3. The molecule has 0 spiro atoms. The molecule has 70 valence electrons. The normalized spacial score (nSPS) is 21.2. The standard InChI is InChI=1S/C10H9BrF2/c11-9-3-1-7(2-4-9)8-5-10(12,13)6-8/h1-4,8H,5-6H2. The van der Waals surface area contributed by atoms with E-state index in [9.17, 15) is 8.78 Å². The van der Waals surface area contributed by atoms with Crippen molar-refractivity contribution < 1.29 is 8.78 Å². The van der Waals surface area contributed by atoms with E-state index in [1.165, 1.54) is 0 Å². The topological polar surface area (TPSA) is 0 Å². The summed E-state index contributed by atoms with van der Waals surface area (Å²) in [6, 6.07) is 7.60. The van der Waals surface area contributed by atoms with Gasteiger partial charge in [-0.15, -0.1) is 0 Å². The Balaban J connectivity index is 2.08. The van der Waals surface area contributed by atoms with Gasteiger partial charge in [0.05, 0.1) is 0 Å². The first-order chi connectivity index (χ1) is 6.07. The summed E-state index contributed by atoms with van der Waals surface area (Å²) < 4.78 is 26.1. The van der Waals surface area contributed by atoms with E-state index in [1.54, 1.807) is 0 Å². The van der Waals surface area contributed by atoms with Crippen molar-refractivity contribution in [1.82, 2.24) is 0 Å². The van der Waals surface area contributed by atoms with Gasteiger partial charge in [-0.05, 0) is 23.6 Å². The van der Waals surface area contributed by atoms with E-state index in [-0.39, 0.29) is 18.8 Å². The van der Waals surface area contributed by atoms with E-state index in [4.69, 9.17) is 0 Å². The molecule has 0 N–H and O–H groups in total. The van der Waals surface area contributed by atoms with Crippen LogP contribution in [0, 0.1) is 0 Å². The zero-order valence-corrected chi connectivity index (χ0v) is 8.52. The SMILES string of the molecule is FC1(F)CC(c2ccc(Br)cc2)C1. The van der Waals surface area contributed by atoms with Crippen molar-refractivity contribution in [1.29, 1.82) is 0 Å². The molecule has 13 heavy (non-hydrogen) atoms. The molecular weight excluding hydrogens is 238 g/mol. The lowest BCUT2D eigenvalue weighted by Gasteiger charge is -2.35. The van der Waals surface area contributed by atoms with Crippen molar-refractivity contribution >= 4 is 15.9 Å². The maximum atomic E-state index is 12.5. The van der Waals surface area contributed by atoms with Gasteiger partial charge < -0.3 is 0 Å². The fourth-order valence-electron chi connectivity index (χ4n) is 1.63. The molecular formula is C10H9BrF2. The molecule has 0 radical (unpaired) electrons. The molecule has 0 nitrogen and oxygen atoms in total. The highest BCUT2D eigenvalue weighted by Crippen LogP contribution is 2.48. The number of hydrogen-bond donors (Lipinski definition) is 0. The van der Waals surface area contributed by atoms with Crippen LogP contribution in [0.5, 0.6) is 0 Å². The van der Waals surface area contributed by atoms with Crippen molar-refractivity contribution in [2.45, 2.75) is 24.7 Å². The highest BCUT2D eigenvalue weighted by molar-refractivity contribution is 9.10. The Morgan fingerprint density at radius 3 is 2.15 bits per heavy atom. The van der Waals surface area contributed by atoms with E-state index >= 15 is 0 Å². The molecule has 1 fully saturated rings. The summed E-state index contributed by atoms with van der Waals surface area (Å²) in [5, 5.41) is 0. The van der Waals surface area contributed by atoms with Crippen LogP contribution in [0.25, 0.3) is 0 Å². The third kappa shape index (κ3) is 1.90. The quantitative estimate of drug-likeness (QED) is 0.704. The van der Waals surface area contributed by atoms with Gasteiger partial charge in [-0.3, -0.25) is 0 Å². The van der Waals surface area contributed by atoms with E-state index < -0.39 is 5.92 Å². The van der Waals surface area contributed by atoms with Gasteiger partial charge >= 0.3 is 0 Å². The van der Waals surface area contributed by atoms with Gasteiger partial charge in [-0.25, -0.2) is 8.78 Å². The summed E-state index contributed by atoms with van der Waals surface area (Å²) in [6.45, 7) is 0. The molecule has 0 atom stereocenters. The minimum Gasteiger partial charge on any atom is -0.207 e. The van der Waals surface area contributed by atoms with Crippen LogP contribution in [0.4, 0.5) is 8.78 Å². The maximum Gasteiger partial charge on any atom is 0.249 e. The Morgan fingerprint density at radius 2 is 1.69 bits per heavy atom. The fourth-order valence-corrected chi connectivity index (χ4v) is 1.90. The van der Waals surface area contributed by atoms with Gasteiger partial charge in [0, 0.05) is 17.3 Å². The van der Waals surface area contributed by atoms with Crippen LogP contribution in [0.2, 0.25) is 0 Å². The number of alkyl halides is 2. The number of hydrogen-bond acceptors (Lipinski definition) is 0. The smallest absolute Gasteiger partial charge is 0.207 e. The van der Waals surface area contributed by atoms with E-state index in [2.05, 4.69) is 15.9 Å². The molecule has 0 saturated heterocycles. The van der Waals surface area contributed by atoms with E-state index in [0.29, 0.717) is 0 Å². The van der Waals surface area contributed by atoms with Crippen LogP contribution >= 0.6 is 15.9 Å². The monoisotopic (exact) mass is 246 g/mol. The lowest BCUT2D eigenvalue weighted by molar-refractivity contribution is -0.0867. The first-order valence-electron chi connectivity index (χ1n) is 4.20. The van der Waals surface area contributed by atoms with E-state index in [0.717, 1.165) is 10.0 Å². The molecule has 0 aliphatic heterocycles. The predicted molar refractivity (Wildman–Crippen MR) is 51.1 cm³/mol. The fraction of sp³-hybridized carbons (Fsp3) is 0.400. The molecule has 1 aromatic rings. The highest BCUT2D eigenvalue weighted by atomic mass is 79.9. The van der Waals surface area contributed by atoms with Gasteiger partial charge in [-0.2, -0.15) is 0 Å². The third-order valence-electron chi connectivity index (χ3n) is 2.43. The van der Waals surface area contributed by atoms with Crippen LogP contribution in [-0.2, 0) is 0 Å². The number of rotatable bonds is 1. The van der Waals surface area contributed by atoms with Gasteiger partial charge in [0.25, 0.3) is 0 Å². The van der Waals surface area contributed by atoms with E-state index in [1.807, 2.05) is 24.3 Å². The van der Waals surface area contributed by atoms with Crippen molar-refractivity contribution in [3.8, 4) is 0 Å². The Morgan fingerprint density at radius 1 is 1.15 bits per heavy atom. The van der Waals surface area contributed by atoms with Crippen LogP contribution in [0.3, 0.4) is 0 Å². The average molecular weight is 247 g/mol. The van der Waals surface area contributed by atoms with Crippen LogP contribution in [0.1, 0.15) is 24.3 Å². The Labute approximate surface area is 84.1 Å². The lowest BCUT2D eigenvalue weighted by atomic mass is 9.77. The minimum atomic E-state index is -2.42. The van der Waals surface area contributed by atoms with Gasteiger partial charge in [0.2, 0.25) is 5.92 Å². The molecule has 1 aliphatic rings. The molecule has 1 saturated carbocycles. The number of benzene rings is 1. The maximum absolute atomic E-state index is 12.5. The molecule has 0 heterocycles. The van der Waals surface area contributed by atoms with Crippen LogP contribution in [-0.4, -0.2) is 5.92 Å². The zero-order chi connectivity index (χ0) is 9.47. The Kier molecular flexibility index (Phi) is 2.14. The van der Waals surface area contributed by atoms with Crippen molar-refractivity contribution in [3.63, 3.8) is 0 Å². The molecule has 0 bridgehead atoms. The molecule has 1 aromatic carbocycles. The third-order valence-corrected chi connectivity index (χ3v) is 2.96. The molecule has 0 aromatic heterocycles. The van der Waals surface area contributed by atoms with Crippen molar-refractivity contribution in [2.24, 2.45) is 0 Å². The summed E-state index contributed by atoms with van der Waals surface area (Å²) in [4.78, 5) is 0. The molecule has 1 aliphatic carbocycles. The van der Waals surface area contributed by atoms with Gasteiger partial charge in [0.1, 0.15) is 0 Å². The minimum absolute atomic E-state index is 0.00856. The summed E-state index contributed by atoms with van der Waals surface area (Å²) in [7, 11) is 0. The Hall–Kier alpha value is -0.440. The summed E-state index contributed by atoms with van der Waals surface area (Å²) in [6.07, 6.45) is 0.0171. The second-order valence-corrected chi connectivity index (χ2v) is 4.43. The zero-order valence-electron chi connectivity index (χ0n) is 6.93. The average Bonchev–Trinajstić information content (AvgIpc) is 2.01. The predicted octanol–water partition coefficient (Wildman–Crippen LogP) is 3.96. The lowest BCUT2D eigenvalue weighted by Crippen LogP contribution is -2.33. The summed E-state index contributed by atoms with van der Waals surface area (Å²) >= 11 is 3.31. The summed E-state index contributed by atoms with van der Waals surface area (Å²) in [5.41, 5.74) is 1.02. The molecule has 0 amide bonds. The van der Waals surface area contributed by atoms with Crippen LogP contribution in [0.15, 0.2) is 28.7 Å². The van der Waals surface area contributed by atoms with Crippen molar-refractivity contribution in [2.75, 3.05) is 0 Å². The second-order valence-electron chi connectivity index (χ2n) is 3.51. The molecule has 2 rings (SSSR count). The first kappa shape index (κ1) is 9.13. The van der Waals surface area contributed by atoms with Gasteiger partial charge in [0.15, 0.2) is 0 Å². The van der Waals surface area contributed by atoms with Crippen LogP contribution < -0.4 is 0 Å². The molecule has 0 unspecified atom stereocenters. The summed E-state index contributed by atoms with van der Waals surface area (Å²) in [5.74, 6) is -2.36. The largest absolute Gasteiger partial charge is 0.249 e. The van der Waals surface area contributed by atoms with Gasteiger partial charge in [-0.1, -0.05) is 28.1 Å². The Bertz CT molecular complexity index is 297. The first-order valence-corrected chi connectivity index (χ1v) is 4.99. The molecule has 3 heteroatoms. The second kappa shape index (κ2) is 3.05.